The van der Waals surface area contributed by atoms with Crippen molar-refractivity contribution in [2.45, 2.75) is 32.7 Å². The molecule has 2 heterocycles. The Balaban J connectivity index is 2.06. The third-order valence-corrected chi connectivity index (χ3v) is 3.95. The number of fused-ring (bicyclic) bond motifs is 3. The predicted molar refractivity (Wildman–Crippen MR) is 69.3 cm³/mol. The second kappa shape index (κ2) is 3.76. The molecule has 1 aromatic carbocycles. The summed E-state index contributed by atoms with van der Waals surface area (Å²) in [7, 11) is 0. The van der Waals surface area contributed by atoms with Gasteiger partial charge in [0, 0.05) is 6.54 Å². The lowest BCUT2D eigenvalue weighted by Gasteiger charge is -2.43. The lowest BCUT2D eigenvalue weighted by atomic mass is 9.89. The van der Waals surface area contributed by atoms with Crippen LogP contribution in [0.1, 0.15) is 25.3 Å². The van der Waals surface area contributed by atoms with E-state index in [4.69, 9.17) is 0 Å². The highest BCUT2D eigenvalue weighted by atomic mass is 16.2. The molecule has 2 unspecified atom stereocenters. The van der Waals surface area contributed by atoms with Crippen LogP contribution in [0.4, 0.5) is 11.4 Å². The molecule has 3 heteroatoms. The van der Waals surface area contributed by atoms with Gasteiger partial charge in [0.2, 0.25) is 5.91 Å². The summed E-state index contributed by atoms with van der Waals surface area (Å²) in [5.74, 6) is 0.808. The highest BCUT2D eigenvalue weighted by molar-refractivity contribution is 6.04. The number of benzene rings is 1. The number of carbonyl (C=O) groups excluding carboxylic acids is 1. The first-order chi connectivity index (χ1) is 8.16. The van der Waals surface area contributed by atoms with Gasteiger partial charge < -0.3 is 10.2 Å². The van der Waals surface area contributed by atoms with Crippen LogP contribution in [0.2, 0.25) is 0 Å². The molecule has 90 valence electrons. The van der Waals surface area contributed by atoms with Crippen LogP contribution in [0.3, 0.4) is 0 Å². The maximum atomic E-state index is 12.1. The molecule has 0 spiro atoms. The van der Waals surface area contributed by atoms with Crippen molar-refractivity contribution in [2.75, 3.05) is 16.8 Å². The Morgan fingerprint density at radius 3 is 3.06 bits per heavy atom. The number of aryl methyl sites for hydroxylation is 1. The number of amides is 1. The van der Waals surface area contributed by atoms with Crippen LogP contribution in [0.25, 0.3) is 0 Å². The molecular weight excluding hydrogens is 212 g/mol. The van der Waals surface area contributed by atoms with Gasteiger partial charge in [-0.15, -0.1) is 0 Å². The van der Waals surface area contributed by atoms with Gasteiger partial charge in [-0.2, -0.15) is 0 Å². The van der Waals surface area contributed by atoms with E-state index in [2.05, 4.69) is 30.1 Å². The maximum Gasteiger partial charge on any atom is 0.247 e. The zero-order valence-corrected chi connectivity index (χ0v) is 10.4. The highest BCUT2D eigenvalue weighted by Gasteiger charge is 2.37. The molecule has 0 bridgehead atoms. The summed E-state index contributed by atoms with van der Waals surface area (Å²) < 4.78 is 0. The van der Waals surface area contributed by atoms with Crippen molar-refractivity contribution >= 4 is 17.3 Å². The lowest BCUT2D eigenvalue weighted by Crippen LogP contribution is -2.52. The number of carbonyl (C=O) groups is 1. The quantitative estimate of drug-likeness (QED) is 0.743. The van der Waals surface area contributed by atoms with Gasteiger partial charge >= 0.3 is 0 Å². The molecule has 1 saturated heterocycles. The molecule has 2 atom stereocenters. The molecule has 0 radical (unpaired) electrons. The Kier molecular flexibility index (Phi) is 2.35. The number of para-hydroxylation sites is 1. The molecule has 1 amide bonds. The van der Waals surface area contributed by atoms with E-state index < -0.39 is 0 Å². The summed E-state index contributed by atoms with van der Waals surface area (Å²) >= 11 is 0. The van der Waals surface area contributed by atoms with Gasteiger partial charge in [0.1, 0.15) is 6.04 Å². The highest BCUT2D eigenvalue weighted by Crippen LogP contribution is 2.39. The van der Waals surface area contributed by atoms with Gasteiger partial charge in [-0.1, -0.05) is 19.1 Å². The molecule has 0 aromatic heterocycles. The maximum absolute atomic E-state index is 12.1. The van der Waals surface area contributed by atoms with Crippen molar-refractivity contribution in [1.29, 1.82) is 0 Å². The Bertz CT molecular complexity index is 469. The molecule has 0 aliphatic carbocycles. The van der Waals surface area contributed by atoms with Gasteiger partial charge in [-0.05, 0) is 37.3 Å². The first-order valence-corrected chi connectivity index (χ1v) is 6.34. The standard InChI is InChI=1S/C14H18N2O/c1-9-6-7-16-12(8-9)14(17)15-11-5-3-4-10(2)13(11)16/h3-5,9,12H,6-8H2,1-2H3,(H,15,17). The van der Waals surface area contributed by atoms with Crippen LogP contribution in [-0.4, -0.2) is 18.5 Å². The summed E-state index contributed by atoms with van der Waals surface area (Å²) in [5, 5.41) is 3.04. The molecule has 3 rings (SSSR count). The van der Waals surface area contributed by atoms with E-state index in [1.807, 2.05) is 12.1 Å². The largest absolute Gasteiger partial charge is 0.358 e. The predicted octanol–water partition coefficient (Wildman–Crippen LogP) is 2.55. The van der Waals surface area contributed by atoms with Crippen molar-refractivity contribution < 1.29 is 4.79 Å². The molecule has 0 saturated carbocycles. The van der Waals surface area contributed by atoms with Crippen LogP contribution >= 0.6 is 0 Å². The molecule has 2 aliphatic heterocycles. The number of hydrogen-bond acceptors (Lipinski definition) is 2. The summed E-state index contributed by atoms with van der Waals surface area (Å²) in [5.41, 5.74) is 3.45. The zero-order chi connectivity index (χ0) is 12.0. The lowest BCUT2D eigenvalue weighted by molar-refractivity contribution is -0.118. The van der Waals surface area contributed by atoms with E-state index in [-0.39, 0.29) is 11.9 Å². The first kappa shape index (κ1) is 10.6. The van der Waals surface area contributed by atoms with Crippen molar-refractivity contribution in [3.8, 4) is 0 Å². The summed E-state index contributed by atoms with van der Waals surface area (Å²) in [6.45, 7) is 5.35. The van der Waals surface area contributed by atoms with E-state index in [1.54, 1.807) is 0 Å². The first-order valence-electron chi connectivity index (χ1n) is 6.34. The van der Waals surface area contributed by atoms with Crippen molar-refractivity contribution in [3.05, 3.63) is 23.8 Å². The molecule has 1 fully saturated rings. The van der Waals surface area contributed by atoms with Crippen LogP contribution in [-0.2, 0) is 4.79 Å². The van der Waals surface area contributed by atoms with Crippen LogP contribution in [0.15, 0.2) is 18.2 Å². The number of nitrogens with one attached hydrogen (secondary N) is 1. The average Bonchev–Trinajstić information content (AvgIpc) is 2.30. The summed E-state index contributed by atoms with van der Waals surface area (Å²) in [4.78, 5) is 14.4. The number of hydrogen-bond donors (Lipinski definition) is 1. The molecule has 1 aromatic rings. The molecule has 3 nitrogen and oxygen atoms in total. The SMILES string of the molecule is Cc1cccc2c1N1CCC(C)CC1C(=O)N2. The Morgan fingerprint density at radius 1 is 1.41 bits per heavy atom. The second-order valence-corrected chi connectivity index (χ2v) is 5.30. The normalized spacial score (nSPS) is 27.2. The van der Waals surface area contributed by atoms with E-state index in [9.17, 15) is 4.79 Å². The fourth-order valence-corrected chi connectivity index (χ4v) is 3.01. The molecular formula is C14H18N2O. The zero-order valence-electron chi connectivity index (χ0n) is 10.4. The Hall–Kier alpha value is -1.51. The topological polar surface area (TPSA) is 32.3 Å². The summed E-state index contributed by atoms with van der Waals surface area (Å²) in [6, 6.07) is 6.15. The number of piperidine rings is 1. The van der Waals surface area contributed by atoms with E-state index >= 15 is 0 Å². The smallest absolute Gasteiger partial charge is 0.247 e. The minimum Gasteiger partial charge on any atom is -0.358 e. The van der Waals surface area contributed by atoms with Gasteiger partial charge in [0.25, 0.3) is 0 Å². The van der Waals surface area contributed by atoms with Gasteiger partial charge in [0.15, 0.2) is 0 Å². The van der Waals surface area contributed by atoms with Crippen molar-refractivity contribution in [2.24, 2.45) is 5.92 Å². The van der Waals surface area contributed by atoms with Crippen LogP contribution in [0, 0.1) is 12.8 Å². The fraction of sp³-hybridized carbons (Fsp3) is 0.500. The molecule has 17 heavy (non-hydrogen) atoms. The van der Waals surface area contributed by atoms with Gasteiger partial charge in [-0.3, -0.25) is 4.79 Å². The monoisotopic (exact) mass is 230 g/mol. The van der Waals surface area contributed by atoms with Crippen molar-refractivity contribution in [1.82, 2.24) is 0 Å². The second-order valence-electron chi connectivity index (χ2n) is 5.30. The molecule has 1 N–H and O–H groups in total. The van der Waals surface area contributed by atoms with Crippen LogP contribution in [0.5, 0.6) is 0 Å². The van der Waals surface area contributed by atoms with E-state index in [0.717, 1.165) is 18.7 Å². The summed E-state index contributed by atoms with van der Waals surface area (Å²) in [6.07, 6.45) is 2.15. The van der Waals surface area contributed by atoms with Gasteiger partial charge in [-0.25, -0.2) is 0 Å². The van der Waals surface area contributed by atoms with E-state index in [1.165, 1.54) is 17.7 Å². The minimum atomic E-state index is 0.0346. The van der Waals surface area contributed by atoms with Gasteiger partial charge in [0.05, 0.1) is 11.4 Å². The number of nitrogens with zero attached hydrogens (tertiary/aromatic N) is 1. The minimum absolute atomic E-state index is 0.0346. The fourth-order valence-electron chi connectivity index (χ4n) is 3.01. The van der Waals surface area contributed by atoms with E-state index in [0.29, 0.717) is 5.92 Å². The number of anilines is 2. The van der Waals surface area contributed by atoms with Crippen molar-refractivity contribution in [3.63, 3.8) is 0 Å². The Morgan fingerprint density at radius 2 is 2.24 bits per heavy atom. The molecule has 2 aliphatic rings. The number of rotatable bonds is 0. The third kappa shape index (κ3) is 1.61. The van der Waals surface area contributed by atoms with Crippen LogP contribution < -0.4 is 10.2 Å². The third-order valence-electron chi connectivity index (χ3n) is 3.95. The Labute approximate surface area is 102 Å². The average molecular weight is 230 g/mol.